The fourth-order valence-electron chi connectivity index (χ4n) is 6.10. The third-order valence-electron chi connectivity index (χ3n) is 9.29. The highest BCUT2D eigenvalue weighted by molar-refractivity contribution is 5.38. The zero-order valence-corrected chi connectivity index (χ0v) is 33.8. The van der Waals surface area contributed by atoms with E-state index in [2.05, 4.69) is 90.2 Å². The lowest BCUT2D eigenvalue weighted by atomic mass is 9.71. The van der Waals surface area contributed by atoms with Gasteiger partial charge in [0.1, 0.15) is 24.4 Å². The van der Waals surface area contributed by atoms with Crippen LogP contribution in [0.3, 0.4) is 0 Å². The molecule has 0 unspecified atom stereocenters. The molecular weight excluding hydrogens is 664 g/mol. The van der Waals surface area contributed by atoms with Gasteiger partial charge >= 0.3 is 0 Å². The molecule has 292 valence electrons. The first-order valence-electron chi connectivity index (χ1n) is 18.6. The topological polar surface area (TPSA) is 120 Å². The van der Waals surface area contributed by atoms with E-state index >= 15 is 0 Å². The van der Waals surface area contributed by atoms with Gasteiger partial charge in [-0.3, -0.25) is 0 Å². The van der Waals surface area contributed by atoms with E-state index in [0.29, 0.717) is 0 Å². The molecule has 1 aliphatic carbocycles. The number of rotatable bonds is 15. The Hall–Kier alpha value is -3.40. The van der Waals surface area contributed by atoms with Crippen LogP contribution in [0.25, 0.3) is 0 Å². The summed E-state index contributed by atoms with van der Waals surface area (Å²) in [5.41, 5.74) is 6.72. The van der Waals surface area contributed by atoms with Gasteiger partial charge in [0.2, 0.25) is 0 Å². The highest BCUT2D eigenvalue weighted by atomic mass is 16.7. The first kappa shape index (κ1) is 45.8. The second-order valence-electron chi connectivity index (χ2n) is 15.7. The van der Waals surface area contributed by atoms with Gasteiger partial charge in [-0.05, 0) is 86.1 Å². The Labute approximate surface area is 319 Å². The molecule has 7 nitrogen and oxygen atoms in total. The van der Waals surface area contributed by atoms with Crippen LogP contribution < -0.4 is 0 Å². The smallest absolute Gasteiger partial charge is 0.187 e. The molecule has 0 aromatic rings. The molecule has 7 atom stereocenters. The van der Waals surface area contributed by atoms with Crippen molar-refractivity contribution < 1.29 is 35.0 Å². The Kier molecular flexibility index (Phi) is 18.5. The van der Waals surface area contributed by atoms with Gasteiger partial charge < -0.3 is 35.0 Å². The highest BCUT2D eigenvalue weighted by Crippen LogP contribution is 2.41. The molecule has 0 saturated carbocycles. The van der Waals surface area contributed by atoms with Crippen LogP contribution in [-0.4, -0.2) is 74.0 Å². The highest BCUT2D eigenvalue weighted by Gasteiger charge is 2.44. The normalized spacial score (nSPS) is 28.3. The molecule has 5 N–H and O–H groups in total. The Morgan fingerprint density at radius 2 is 1.17 bits per heavy atom. The first-order valence-corrected chi connectivity index (χ1v) is 18.6. The molecule has 0 aromatic heterocycles. The van der Waals surface area contributed by atoms with E-state index in [1.807, 2.05) is 62.5 Å². The van der Waals surface area contributed by atoms with Crippen molar-refractivity contribution in [1.29, 1.82) is 0 Å². The Morgan fingerprint density at radius 1 is 0.717 bits per heavy atom. The predicted molar refractivity (Wildman–Crippen MR) is 219 cm³/mol. The van der Waals surface area contributed by atoms with Crippen molar-refractivity contribution in [3.05, 3.63) is 142 Å². The van der Waals surface area contributed by atoms with Crippen molar-refractivity contribution in [2.75, 3.05) is 0 Å². The van der Waals surface area contributed by atoms with Crippen molar-refractivity contribution in [1.82, 2.24) is 0 Å². The van der Waals surface area contributed by atoms with Gasteiger partial charge in [0.25, 0.3) is 0 Å². The first-order chi connectivity index (χ1) is 24.7. The second-order valence-corrected chi connectivity index (χ2v) is 15.7. The molecule has 53 heavy (non-hydrogen) atoms. The lowest BCUT2D eigenvalue weighted by Gasteiger charge is -2.41. The molecule has 7 heteroatoms. The van der Waals surface area contributed by atoms with Gasteiger partial charge in [0, 0.05) is 0 Å². The van der Waals surface area contributed by atoms with Gasteiger partial charge in [0.05, 0.1) is 17.8 Å². The fraction of sp³-hybridized carbons (Fsp3) is 0.478. The predicted octanol–water partition coefficient (Wildman–Crippen LogP) is 8.54. The van der Waals surface area contributed by atoms with E-state index in [0.717, 1.165) is 35.1 Å². The minimum atomic E-state index is -1.45. The standard InChI is InChI=1S/C46H66O7/c1-31(17-12-13-18-32(2)20-15-23-34(4)25-27-39-36(6)29-38(47)30-45(39,8)9)19-14-21-33(3)22-16-24-35(5)26-28-40(46(10,11)51)53-44-43(50)42(49)41(48)37(7)52-44/h12-28,37-38,40-44,47-51H,29-30H2,1-11H3/b13-12+,19-14+,20-15+,22-16+,27-25+,28-26+,31-17+,32-18+,33-21+,34-23+,35-24+/t37-,38+,40+,41+,42+,43-,44+/m1/s1. The van der Waals surface area contributed by atoms with Gasteiger partial charge in [-0.25, -0.2) is 0 Å². The Balaban J connectivity index is 1.90. The van der Waals surface area contributed by atoms with Crippen LogP contribution in [0.4, 0.5) is 0 Å². The average molecular weight is 731 g/mol. The molecular formula is C46H66O7. The van der Waals surface area contributed by atoms with Gasteiger partial charge in [0.15, 0.2) is 6.29 Å². The van der Waals surface area contributed by atoms with Crippen LogP contribution >= 0.6 is 0 Å². The van der Waals surface area contributed by atoms with Crippen molar-refractivity contribution in [2.45, 2.75) is 138 Å². The van der Waals surface area contributed by atoms with Crippen molar-refractivity contribution in [2.24, 2.45) is 5.41 Å². The monoisotopic (exact) mass is 730 g/mol. The van der Waals surface area contributed by atoms with E-state index in [4.69, 9.17) is 9.47 Å². The summed E-state index contributed by atoms with van der Waals surface area (Å²) in [4.78, 5) is 0. The van der Waals surface area contributed by atoms with Crippen molar-refractivity contribution in [3.8, 4) is 0 Å². The number of hydrogen-bond acceptors (Lipinski definition) is 7. The van der Waals surface area contributed by atoms with E-state index in [1.165, 1.54) is 16.7 Å². The molecule has 0 aromatic carbocycles. The average Bonchev–Trinajstić information content (AvgIpc) is 3.04. The Morgan fingerprint density at radius 3 is 1.64 bits per heavy atom. The summed E-state index contributed by atoms with van der Waals surface area (Å²) in [5, 5.41) is 51.2. The molecule has 2 rings (SSSR count). The SMILES string of the molecule is CC1=C(/C=C/C(C)=C/C=C/C(C)=C/C=C/C=C(C)/C=C/C=C(C)/C=C/C=C(C)/C=C/[C@H](O[C@@H]2O[C@H](C)[C@H](O)[C@H](O)[C@H]2O)C(C)(C)O)C(C)(C)C[C@@H](O)C1. The molecule has 0 amide bonds. The third kappa shape index (κ3) is 16.2. The molecule has 0 radical (unpaired) electrons. The molecule has 1 heterocycles. The van der Waals surface area contributed by atoms with E-state index in [9.17, 15) is 25.5 Å². The molecule has 2 aliphatic rings. The molecule has 0 spiro atoms. The summed E-state index contributed by atoms with van der Waals surface area (Å²) in [6, 6.07) is 0. The van der Waals surface area contributed by atoms with E-state index in [-0.39, 0.29) is 11.5 Å². The van der Waals surface area contributed by atoms with Gasteiger partial charge in [-0.1, -0.05) is 151 Å². The molecule has 1 saturated heterocycles. The summed E-state index contributed by atoms with van der Waals surface area (Å²) in [5.74, 6) is 0. The van der Waals surface area contributed by atoms with Gasteiger partial charge in [-0.2, -0.15) is 0 Å². The largest absolute Gasteiger partial charge is 0.393 e. The summed E-state index contributed by atoms with van der Waals surface area (Å²) >= 11 is 0. The van der Waals surface area contributed by atoms with E-state index < -0.39 is 42.4 Å². The quantitative estimate of drug-likeness (QED) is 0.107. The van der Waals surface area contributed by atoms with Crippen LogP contribution in [0.15, 0.2) is 142 Å². The van der Waals surface area contributed by atoms with E-state index in [1.54, 1.807) is 26.8 Å². The lowest BCUT2D eigenvalue weighted by Crippen LogP contribution is -2.58. The summed E-state index contributed by atoms with van der Waals surface area (Å²) in [7, 11) is 0. The third-order valence-corrected chi connectivity index (χ3v) is 9.29. The zero-order valence-electron chi connectivity index (χ0n) is 33.8. The zero-order chi connectivity index (χ0) is 39.9. The Bertz CT molecular complexity index is 1580. The van der Waals surface area contributed by atoms with Crippen LogP contribution in [0, 0.1) is 5.41 Å². The molecule has 0 bridgehead atoms. The molecule has 1 fully saturated rings. The van der Waals surface area contributed by atoms with Crippen molar-refractivity contribution >= 4 is 0 Å². The number of allylic oxidation sites excluding steroid dienone is 22. The maximum absolute atomic E-state index is 10.7. The molecule has 1 aliphatic heterocycles. The summed E-state index contributed by atoms with van der Waals surface area (Å²) in [6.45, 7) is 21.5. The van der Waals surface area contributed by atoms with Crippen LogP contribution in [0.5, 0.6) is 0 Å². The maximum atomic E-state index is 10.7. The lowest BCUT2D eigenvalue weighted by molar-refractivity contribution is -0.309. The van der Waals surface area contributed by atoms with Crippen LogP contribution in [0.1, 0.15) is 89.0 Å². The van der Waals surface area contributed by atoms with Crippen molar-refractivity contribution in [3.63, 3.8) is 0 Å². The minimum absolute atomic E-state index is 0.0186. The van der Waals surface area contributed by atoms with Gasteiger partial charge in [-0.15, -0.1) is 0 Å². The van der Waals surface area contributed by atoms with Crippen LogP contribution in [0.2, 0.25) is 0 Å². The number of aliphatic hydroxyl groups is 5. The number of hydrogen-bond donors (Lipinski definition) is 5. The van der Waals surface area contributed by atoms with Crippen LogP contribution in [-0.2, 0) is 9.47 Å². The number of aliphatic hydroxyl groups excluding tert-OH is 4. The number of ether oxygens (including phenoxy) is 2. The second kappa shape index (κ2) is 21.5. The summed E-state index contributed by atoms with van der Waals surface area (Å²) < 4.78 is 11.4. The maximum Gasteiger partial charge on any atom is 0.187 e. The minimum Gasteiger partial charge on any atom is -0.393 e. The summed E-state index contributed by atoms with van der Waals surface area (Å²) in [6.07, 6.45) is 28.8. The fourth-order valence-corrected chi connectivity index (χ4v) is 6.10.